The Hall–Kier alpha value is -2.88. The normalized spacial score (nSPS) is 13.3. The molecule has 0 radical (unpaired) electrons. The lowest BCUT2D eigenvalue weighted by atomic mass is 10.1. The molecular formula is C17H18F3N6O-. The van der Waals surface area contributed by atoms with Crippen LogP contribution in [0, 0.1) is 0 Å². The second kappa shape index (κ2) is 7.78. The number of benzene rings is 1. The number of halogens is 3. The Labute approximate surface area is 153 Å². The fraction of sp³-hybridized carbons (Fsp3) is 0.353. The molecule has 27 heavy (non-hydrogen) atoms. The highest BCUT2D eigenvalue weighted by Crippen LogP contribution is 2.35. The van der Waals surface area contributed by atoms with Crippen LogP contribution in [0.2, 0.25) is 0 Å². The number of carbonyl (C=O) groups is 1. The second-order valence-electron chi connectivity index (χ2n) is 5.96. The lowest BCUT2D eigenvalue weighted by molar-refractivity contribution is -0.137. The van der Waals surface area contributed by atoms with Crippen molar-refractivity contribution in [3.8, 4) is 0 Å². The number of rotatable bonds is 7. The molecule has 0 saturated carbocycles. The molecule has 0 spiro atoms. The van der Waals surface area contributed by atoms with Crippen molar-refractivity contribution in [2.24, 2.45) is 0 Å². The summed E-state index contributed by atoms with van der Waals surface area (Å²) < 4.78 is 39.6. The van der Waals surface area contributed by atoms with E-state index in [-0.39, 0.29) is 24.1 Å². The van der Waals surface area contributed by atoms with Gasteiger partial charge in [-0.05, 0) is 11.6 Å². The first-order valence-corrected chi connectivity index (χ1v) is 8.31. The fourth-order valence-corrected chi connectivity index (χ4v) is 2.70. The van der Waals surface area contributed by atoms with Crippen LogP contribution in [0.25, 0.3) is 5.32 Å². The molecule has 1 amide bonds. The third-order valence-electron chi connectivity index (χ3n) is 3.96. The van der Waals surface area contributed by atoms with Crippen LogP contribution in [0.3, 0.4) is 0 Å². The molecule has 0 atom stereocenters. The summed E-state index contributed by atoms with van der Waals surface area (Å²) in [5.74, 6) is -0.441. The molecule has 7 nitrogen and oxygen atoms in total. The number of aromatic nitrogens is 2. The van der Waals surface area contributed by atoms with E-state index in [1.807, 2.05) is 0 Å². The van der Waals surface area contributed by atoms with E-state index in [0.29, 0.717) is 30.9 Å². The van der Waals surface area contributed by atoms with Crippen molar-refractivity contribution in [1.29, 1.82) is 0 Å². The summed E-state index contributed by atoms with van der Waals surface area (Å²) in [6.45, 7) is 0.841. The van der Waals surface area contributed by atoms with Crippen molar-refractivity contribution in [3.63, 3.8) is 0 Å². The Kier molecular flexibility index (Phi) is 5.45. The highest BCUT2D eigenvalue weighted by atomic mass is 19.4. The summed E-state index contributed by atoms with van der Waals surface area (Å²) >= 11 is 0. The largest absolute Gasteiger partial charge is 0.665 e. The van der Waals surface area contributed by atoms with Crippen LogP contribution in [0.15, 0.2) is 24.4 Å². The number of carbonyl (C=O) groups excluding carboxylic acids is 1. The zero-order valence-electron chi connectivity index (χ0n) is 14.5. The van der Waals surface area contributed by atoms with E-state index in [4.69, 9.17) is 0 Å². The average Bonchev–Trinajstić information content (AvgIpc) is 2.99. The Morgan fingerprint density at radius 1 is 1.33 bits per heavy atom. The number of nitrogens with zero attached hydrogens (tertiary/aromatic N) is 3. The first-order chi connectivity index (χ1) is 12.9. The topological polar surface area (TPSA) is 93.0 Å². The first kappa shape index (κ1) is 18.9. The SMILES string of the molecule is C[N-]CCCNc1nc(Nc2cccc3c2NC(=O)C3)ncc1C(F)(F)F. The van der Waals surface area contributed by atoms with Gasteiger partial charge in [0.05, 0.1) is 17.8 Å². The summed E-state index contributed by atoms with van der Waals surface area (Å²) in [5.41, 5.74) is 0.977. The summed E-state index contributed by atoms with van der Waals surface area (Å²) in [7, 11) is 1.64. The van der Waals surface area contributed by atoms with Gasteiger partial charge >= 0.3 is 6.18 Å². The molecule has 0 aliphatic carbocycles. The Morgan fingerprint density at radius 3 is 2.89 bits per heavy atom. The van der Waals surface area contributed by atoms with Gasteiger partial charge in [-0.15, -0.1) is 6.54 Å². The maximum atomic E-state index is 13.2. The number of nitrogens with one attached hydrogen (secondary N) is 3. The first-order valence-electron chi connectivity index (χ1n) is 8.31. The van der Waals surface area contributed by atoms with E-state index in [0.717, 1.165) is 11.8 Å². The molecule has 1 aliphatic rings. The average molecular weight is 379 g/mol. The van der Waals surface area contributed by atoms with Crippen molar-refractivity contribution in [1.82, 2.24) is 9.97 Å². The van der Waals surface area contributed by atoms with E-state index >= 15 is 0 Å². The molecule has 0 bridgehead atoms. The molecular weight excluding hydrogens is 361 g/mol. The maximum absolute atomic E-state index is 13.2. The van der Waals surface area contributed by atoms with Gasteiger partial charge in [0, 0.05) is 12.7 Å². The van der Waals surface area contributed by atoms with Gasteiger partial charge in [-0.1, -0.05) is 18.6 Å². The van der Waals surface area contributed by atoms with Gasteiger partial charge in [0.15, 0.2) is 0 Å². The molecule has 1 aromatic heterocycles. The number of anilines is 4. The van der Waals surface area contributed by atoms with Crippen LogP contribution in [0.4, 0.5) is 36.3 Å². The summed E-state index contributed by atoms with van der Waals surface area (Å²) in [6.07, 6.45) is -2.99. The van der Waals surface area contributed by atoms with Crippen molar-refractivity contribution < 1.29 is 18.0 Å². The smallest absolute Gasteiger partial charge is 0.421 e. The molecule has 0 unspecified atom stereocenters. The zero-order chi connectivity index (χ0) is 19.4. The molecule has 1 aromatic carbocycles. The highest BCUT2D eigenvalue weighted by Gasteiger charge is 2.35. The molecule has 3 rings (SSSR count). The van der Waals surface area contributed by atoms with Gasteiger partial charge in [-0.25, -0.2) is 4.98 Å². The predicted molar refractivity (Wildman–Crippen MR) is 96.3 cm³/mol. The molecule has 2 heterocycles. The van der Waals surface area contributed by atoms with Crippen LogP contribution < -0.4 is 16.0 Å². The second-order valence-corrected chi connectivity index (χ2v) is 5.96. The van der Waals surface area contributed by atoms with Gasteiger partial charge in [-0.3, -0.25) is 4.79 Å². The molecule has 3 N–H and O–H groups in total. The van der Waals surface area contributed by atoms with Crippen molar-refractivity contribution >= 4 is 29.0 Å². The minimum absolute atomic E-state index is 0.000211. The number of fused-ring (bicyclic) bond motifs is 1. The van der Waals surface area contributed by atoms with Crippen molar-refractivity contribution in [3.05, 3.63) is 40.8 Å². The molecule has 144 valence electrons. The lowest BCUT2D eigenvalue weighted by Crippen LogP contribution is -2.15. The predicted octanol–water partition coefficient (Wildman–Crippen LogP) is 3.54. The van der Waals surface area contributed by atoms with E-state index in [9.17, 15) is 18.0 Å². The summed E-state index contributed by atoms with van der Waals surface area (Å²) in [5, 5.41) is 12.2. The van der Waals surface area contributed by atoms with Crippen LogP contribution in [0.5, 0.6) is 0 Å². The van der Waals surface area contributed by atoms with Gasteiger partial charge < -0.3 is 21.3 Å². The van der Waals surface area contributed by atoms with Gasteiger partial charge in [0.25, 0.3) is 0 Å². The molecule has 0 saturated heterocycles. The third-order valence-corrected chi connectivity index (χ3v) is 3.96. The number of para-hydroxylation sites is 1. The molecule has 1 aliphatic heterocycles. The van der Waals surface area contributed by atoms with Gasteiger partial charge in [0.1, 0.15) is 11.4 Å². The summed E-state index contributed by atoms with van der Waals surface area (Å²) in [6, 6.07) is 5.25. The molecule has 0 fully saturated rings. The van der Waals surface area contributed by atoms with E-state index in [2.05, 4.69) is 31.2 Å². The van der Waals surface area contributed by atoms with E-state index < -0.39 is 11.7 Å². The van der Waals surface area contributed by atoms with E-state index in [1.54, 1.807) is 25.2 Å². The monoisotopic (exact) mass is 379 g/mol. The van der Waals surface area contributed by atoms with Crippen LogP contribution in [-0.2, 0) is 17.4 Å². The van der Waals surface area contributed by atoms with Gasteiger partial charge in [-0.2, -0.15) is 25.2 Å². The number of alkyl halides is 3. The van der Waals surface area contributed by atoms with Crippen molar-refractivity contribution in [2.75, 3.05) is 36.1 Å². The van der Waals surface area contributed by atoms with Crippen LogP contribution in [0.1, 0.15) is 17.5 Å². The summed E-state index contributed by atoms with van der Waals surface area (Å²) in [4.78, 5) is 19.3. The minimum Gasteiger partial charge on any atom is -0.665 e. The molecule has 10 heteroatoms. The van der Waals surface area contributed by atoms with Crippen molar-refractivity contribution in [2.45, 2.75) is 19.0 Å². The van der Waals surface area contributed by atoms with Crippen LogP contribution in [-0.4, -0.2) is 36.0 Å². The fourth-order valence-electron chi connectivity index (χ4n) is 2.70. The number of hydrogen-bond donors (Lipinski definition) is 3. The Bertz CT molecular complexity index is 840. The highest BCUT2D eigenvalue weighted by molar-refractivity contribution is 6.03. The van der Waals surface area contributed by atoms with Gasteiger partial charge in [0.2, 0.25) is 11.9 Å². The Morgan fingerprint density at radius 2 is 2.15 bits per heavy atom. The van der Waals surface area contributed by atoms with Crippen LogP contribution >= 0.6 is 0 Å². The maximum Gasteiger partial charge on any atom is 0.421 e. The zero-order valence-corrected chi connectivity index (χ0v) is 14.5. The third kappa shape index (κ3) is 4.45. The number of hydrogen-bond acceptors (Lipinski definition) is 5. The standard InChI is InChI=1S/C17H18F3N6O/c1-21-6-3-7-22-15-11(17(18,19)20)9-23-16(26-15)24-12-5-2-4-10-8-13(27)25-14(10)12/h2,4-5,9H,3,6-8H2,1H3,(H,25,27)(H2,22,23,24,26)/q-1. The van der Waals surface area contributed by atoms with E-state index in [1.165, 1.54) is 0 Å². The Balaban J connectivity index is 1.84. The lowest BCUT2D eigenvalue weighted by Gasteiger charge is -2.16. The molecule has 2 aromatic rings. The minimum atomic E-state index is -4.57. The number of amides is 1. The quantitative estimate of drug-likeness (QED) is 0.640.